The molecule has 0 unspecified atom stereocenters. The van der Waals surface area contributed by atoms with Gasteiger partial charge in [0.15, 0.2) is 0 Å². The number of carbonyl (C=O) groups is 2. The van der Waals surface area contributed by atoms with Crippen molar-refractivity contribution < 1.29 is 24.0 Å². The first-order chi connectivity index (χ1) is 14.8. The van der Waals surface area contributed by atoms with Crippen molar-refractivity contribution in [3.8, 4) is 11.6 Å². The molecule has 11 heteroatoms. The van der Waals surface area contributed by atoms with Gasteiger partial charge in [0.25, 0.3) is 17.5 Å². The summed E-state index contributed by atoms with van der Waals surface area (Å²) < 4.78 is 11.7. The number of nitrogens with zero attached hydrogens (tertiary/aromatic N) is 3. The largest absolute Gasteiger partial charge is 0.494 e. The minimum atomic E-state index is -0.553. The second kappa shape index (κ2) is 8.95. The third-order valence-corrected chi connectivity index (χ3v) is 4.28. The number of aryl methyl sites for hydroxylation is 1. The molecule has 1 heterocycles. The predicted molar refractivity (Wildman–Crippen MR) is 112 cm³/mol. The van der Waals surface area contributed by atoms with Gasteiger partial charge in [-0.25, -0.2) is 0 Å². The molecule has 31 heavy (non-hydrogen) atoms. The van der Waals surface area contributed by atoms with Gasteiger partial charge in [0.1, 0.15) is 11.3 Å². The SMILES string of the molecule is COc1cc([N+](=O)[O-])ccc1NC(=O)c1ccc(NC(=O)c2cn(C)nc2OC)cc1. The van der Waals surface area contributed by atoms with Gasteiger partial charge in [-0.1, -0.05) is 0 Å². The summed E-state index contributed by atoms with van der Waals surface area (Å²) in [6.45, 7) is 0. The zero-order valence-electron chi connectivity index (χ0n) is 16.9. The van der Waals surface area contributed by atoms with E-state index in [0.29, 0.717) is 16.9 Å². The normalized spacial score (nSPS) is 10.3. The maximum atomic E-state index is 12.5. The molecule has 0 aliphatic rings. The van der Waals surface area contributed by atoms with Crippen molar-refractivity contribution in [1.29, 1.82) is 0 Å². The number of aromatic nitrogens is 2. The number of nitro benzene ring substituents is 1. The first-order valence-electron chi connectivity index (χ1n) is 8.95. The molecule has 160 valence electrons. The molecule has 2 amide bonds. The van der Waals surface area contributed by atoms with E-state index in [1.165, 1.54) is 55.4 Å². The van der Waals surface area contributed by atoms with Crippen molar-refractivity contribution in [2.75, 3.05) is 24.9 Å². The van der Waals surface area contributed by atoms with E-state index in [0.717, 1.165) is 0 Å². The summed E-state index contributed by atoms with van der Waals surface area (Å²) in [5.41, 5.74) is 1.20. The van der Waals surface area contributed by atoms with E-state index in [1.54, 1.807) is 19.2 Å². The Hall–Kier alpha value is -4.41. The van der Waals surface area contributed by atoms with Crippen LogP contribution >= 0.6 is 0 Å². The lowest BCUT2D eigenvalue weighted by atomic mass is 10.1. The monoisotopic (exact) mass is 425 g/mol. The Morgan fingerprint density at radius 2 is 1.74 bits per heavy atom. The van der Waals surface area contributed by atoms with E-state index in [-0.39, 0.29) is 22.9 Å². The van der Waals surface area contributed by atoms with Crippen LogP contribution in [0.1, 0.15) is 20.7 Å². The molecular weight excluding hydrogens is 406 g/mol. The lowest BCUT2D eigenvalue weighted by Crippen LogP contribution is -2.14. The van der Waals surface area contributed by atoms with Crippen LogP contribution in [0.4, 0.5) is 17.1 Å². The molecule has 0 aliphatic heterocycles. The molecule has 0 bridgehead atoms. The highest BCUT2D eigenvalue weighted by atomic mass is 16.6. The molecule has 3 rings (SSSR count). The Bertz CT molecular complexity index is 1140. The van der Waals surface area contributed by atoms with Crippen molar-refractivity contribution >= 4 is 28.9 Å². The maximum Gasteiger partial charge on any atom is 0.273 e. The second-order valence-corrected chi connectivity index (χ2v) is 6.35. The van der Waals surface area contributed by atoms with Gasteiger partial charge in [-0.15, -0.1) is 5.10 Å². The van der Waals surface area contributed by atoms with Crippen molar-refractivity contribution in [1.82, 2.24) is 9.78 Å². The van der Waals surface area contributed by atoms with Crippen molar-refractivity contribution in [2.45, 2.75) is 0 Å². The van der Waals surface area contributed by atoms with E-state index in [9.17, 15) is 19.7 Å². The average Bonchev–Trinajstić information content (AvgIpc) is 3.15. The number of nitro groups is 1. The van der Waals surface area contributed by atoms with Gasteiger partial charge < -0.3 is 20.1 Å². The van der Waals surface area contributed by atoms with Gasteiger partial charge in [-0.2, -0.15) is 0 Å². The molecule has 1 aromatic heterocycles. The van der Waals surface area contributed by atoms with Gasteiger partial charge in [-0.3, -0.25) is 24.4 Å². The summed E-state index contributed by atoms with van der Waals surface area (Å²) in [6, 6.07) is 10.1. The Balaban J connectivity index is 1.70. The number of rotatable bonds is 7. The Morgan fingerprint density at radius 3 is 2.35 bits per heavy atom. The molecule has 0 radical (unpaired) electrons. The lowest BCUT2D eigenvalue weighted by molar-refractivity contribution is -0.384. The van der Waals surface area contributed by atoms with E-state index in [4.69, 9.17) is 9.47 Å². The minimum absolute atomic E-state index is 0.153. The van der Waals surface area contributed by atoms with E-state index >= 15 is 0 Å². The summed E-state index contributed by atoms with van der Waals surface area (Å²) in [6.07, 6.45) is 1.54. The molecule has 0 fully saturated rings. The second-order valence-electron chi connectivity index (χ2n) is 6.35. The zero-order valence-corrected chi connectivity index (χ0v) is 16.9. The molecule has 0 aliphatic carbocycles. The van der Waals surface area contributed by atoms with E-state index in [2.05, 4.69) is 15.7 Å². The number of methoxy groups -OCH3 is 2. The van der Waals surface area contributed by atoms with Gasteiger partial charge in [0.05, 0.1) is 30.9 Å². The molecule has 0 saturated carbocycles. The number of non-ortho nitro benzene ring substituents is 1. The van der Waals surface area contributed by atoms with Crippen LogP contribution in [0.5, 0.6) is 11.6 Å². The third-order valence-electron chi connectivity index (χ3n) is 4.28. The third kappa shape index (κ3) is 4.78. The van der Waals surface area contributed by atoms with Crippen LogP contribution in [0.15, 0.2) is 48.7 Å². The van der Waals surface area contributed by atoms with Crippen LogP contribution in [-0.4, -0.2) is 40.7 Å². The van der Waals surface area contributed by atoms with Crippen LogP contribution in [-0.2, 0) is 7.05 Å². The van der Waals surface area contributed by atoms with Crippen molar-refractivity contribution in [2.24, 2.45) is 7.05 Å². The highest BCUT2D eigenvalue weighted by Crippen LogP contribution is 2.29. The first-order valence-corrected chi connectivity index (χ1v) is 8.95. The molecule has 2 N–H and O–H groups in total. The summed E-state index contributed by atoms with van der Waals surface area (Å²) in [7, 11) is 4.45. The number of benzene rings is 2. The molecule has 11 nitrogen and oxygen atoms in total. The Kier molecular flexibility index (Phi) is 6.15. The maximum absolute atomic E-state index is 12.5. The summed E-state index contributed by atoms with van der Waals surface area (Å²) in [5, 5.41) is 20.3. The lowest BCUT2D eigenvalue weighted by Gasteiger charge is -2.10. The number of hydrogen-bond acceptors (Lipinski definition) is 7. The van der Waals surface area contributed by atoms with Gasteiger partial charge in [0.2, 0.25) is 5.88 Å². The fraction of sp³-hybridized carbons (Fsp3) is 0.150. The number of amides is 2. The van der Waals surface area contributed by atoms with Gasteiger partial charge in [0, 0.05) is 30.6 Å². The quantitative estimate of drug-likeness (QED) is 0.438. The van der Waals surface area contributed by atoms with E-state index < -0.39 is 16.7 Å². The number of nitrogens with one attached hydrogen (secondary N) is 2. The summed E-state index contributed by atoms with van der Waals surface area (Å²) in [4.78, 5) is 35.3. The molecule has 0 atom stereocenters. The summed E-state index contributed by atoms with van der Waals surface area (Å²) in [5.74, 6) is -0.485. The van der Waals surface area contributed by atoms with Crippen LogP contribution in [0.2, 0.25) is 0 Å². The Morgan fingerprint density at radius 1 is 1.03 bits per heavy atom. The molecule has 0 saturated heterocycles. The number of ether oxygens (including phenoxy) is 2. The average molecular weight is 425 g/mol. The zero-order chi connectivity index (χ0) is 22.5. The van der Waals surface area contributed by atoms with E-state index in [1.807, 2.05) is 0 Å². The van der Waals surface area contributed by atoms with Gasteiger partial charge in [-0.05, 0) is 30.3 Å². The first kappa shape index (κ1) is 21.3. The van der Waals surface area contributed by atoms with Crippen molar-refractivity contribution in [3.05, 3.63) is 69.9 Å². The van der Waals surface area contributed by atoms with Crippen LogP contribution in [0, 0.1) is 10.1 Å². The number of anilines is 2. The summed E-state index contributed by atoms with van der Waals surface area (Å²) >= 11 is 0. The van der Waals surface area contributed by atoms with Gasteiger partial charge >= 0.3 is 0 Å². The van der Waals surface area contributed by atoms with Crippen LogP contribution in [0.3, 0.4) is 0 Å². The fourth-order valence-corrected chi connectivity index (χ4v) is 2.77. The molecule has 0 spiro atoms. The highest BCUT2D eigenvalue weighted by Gasteiger charge is 2.17. The molecular formula is C20H19N5O6. The predicted octanol–water partition coefficient (Wildman–Crippen LogP) is 2.85. The van der Waals surface area contributed by atoms with Crippen molar-refractivity contribution in [3.63, 3.8) is 0 Å². The smallest absolute Gasteiger partial charge is 0.273 e. The Labute approximate surface area is 176 Å². The number of carbonyl (C=O) groups excluding carboxylic acids is 2. The molecule has 2 aromatic carbocycles. The highest BCUT2D eigenvalue weighted by molar-refractivity contribution is 6.07. The standard InChI is InChI=1S/C20H19N5O6/c1-24-11-15(20(23-24)31-3)19(27)21-13-6-4-12(5-7-13)18(26)22-16-9-8-14(25(28)29)10-17(16)30-2/h4-11H,1-3H3,(H,21,27)(H,22,26). The molecule has 3 aromatic rings. The topological polar surface area (TPSA) is 138 Å². The van der Waals surface area contributed by atoms with Crippen LogP contribution < -0.4 is 20.1 Å². The fourth-order valence-electron chi connectivity index (χ4n) is 2.77. The number of hydrogen-bond donors (Lipinski definition) is 2. The minimum Gasteiger partial charge on any atom is -0.494 e. The van der Waals surface area contributed by atoms with Crippen LogP contribution in [0.25, 0.3) is 0 Å².